The summed E-state index contributed by atoms with van der Waals surface area (Å²) in [5, 5.41) is 18.9. The van der Waals surface area contributed by atoms with Crippen molar-refractivity contribution in [1.82, 2.24) is 4.98 Å². The minimum atomic E-state index is 0.108. The molecule has 3 nitrogen and oxygen atoms in total. The number of aromatic hydroxyl groups is 1. The van der Waals surface area contributed by atoms with Crippen molar-refractivity contribution in [3.05, 3.63) is 59.9 Å². The number of pyridine rings is 1. The zero-order chi connectivity index (χ0) is 11.4. The fourth-order valence-electron chi connectivity index (χ4n) is 1.32. The van der Waals surface area contributed by atoms with Crippen LogP contribution in [0.5, 0.6) is 5.75 Å². The first-order valence-electron chi connectivity index (χ1n) is 4.87. The third-order valence-electron chi connectivity index (χ3n) is 2.12. The van der Waals surface area contributed by atoms with Gasteiger partial charge in [0.25, 0.3) is 0 Å². The fraction of sp³-hybridized carbons (Fsp3) is 0. The molecule has 0 spiro atoms. The number of aromatic nitrogens is 1. The topological polar surface area (TPSA) is 53.4 Å². The van der Waals surface area contributed by atoms with Gasteiger partial charge in [-0.2, -0.15) is 0 Å². The Morgan fingerprint density at radius 1 is 1.06 bits per heavy atom. The highest BCUT2D eigenvalue weighted by Gasteiger charge is 1.98. The highest BCUT2D eigenvalue weighted by molar-refractivity contribution is 5.74. The second-order valence-corrected chi connectivity index (χ2v) is 3.34. The van der Waals surface area contributed by atoms with Gasteiger partial charge in [0.2, 0.25) is 0 Å². The maximum absolute atomic E-state index is 9.80. The van der Waals surface area contributed by atoms with Gasteiger partial charge in [0.15, 0.2) is 0 Å². The van der Waals surface area contributed by atoms with Crippen LogP contribution in [0.15, 0.2) is 48.7 Å². The Morgan fingerprint density at radius 2 is 1.81 bits per heavy atom. The summed E-state index contributed by atoms with van der Waals surface area (Å²) in [6.07, 6.45) is 2.89. The Labute approximate surface area is 93.3 Å². The smallest absolute Gasteiger partial charge is 0.133 e. The number of benzene rings is 1. The van der Waals surface area contributed by atoms with Crippen molar-refractivity contribution in [3.63, 3.8) is 0 Å². The Kier molecular flexibility index (Phi) is 2.87. The second-order valence-electron chi connectivity index (χ2n) is 3.34. The standard InChI is InChI=1S/C13H11NO2/c15-12-7-6-11(14-9-12)8-13(16)10-4-2-1-3-5-10/h1-9,15-16H/b13-8+. The lowest BCUT2D eigenvalue weighted by atomic mass is 10.1. The van der Waals surface area contributed by atoms with E-state index in [1.54, 1.807) is 12.1 Å². The second kappa shape index (κ2) is 4.49. The van der Waals surface area contributed by atoms with Gasteiger partial charge in [-0.3, -0.25) is 4.98 Å². The number of nitrogens with zero attached hydrogens (tertiary/aromatic N) is 1. The van der Waals surface area contributed by atoms with Crippen molar-refractivity contribution in [1.29, 1.82) is 0 Å². The maximum atomic E-state index is 9.80. The average molecular weight is 213 g/mol. The van der Waals surface area contributed by atoms with Crippen LogP contribution in [-0.4, -0.2) is 15.2 Å². The number of aliphatic hydroxyl groups excluding tert-OH is 1. The molecule has 0 amide bonds. The van der Waals surface area contributed by atoms with E-state index in [2.05, 4.69) is 4.98 Å². The minimum absolute atomic E-state index is 0.108. The minimum Gasteiger partial charge on any atom is -0.507 e. The van der Waals surface area contributed by atoms with Gasteiger partial charge in [-0.05, 0) is 12.1 Å². The highest BCUT2D eigenvalue weighted by atomic mass is 16.3. The van der Waals surface area contributed by atoms with Crippen LogP contribution in [0, 0.1) is 0 Å². The molecule has 0 radical (unpaired) electrons. The molecule has 2 aromatic rings. The summed E-state index contributed by atoms with van der Waals surface area (Å²) in [6.45, 7) is 0. The number of aliphatic hydroxyl groups is 1. The predicted octanol–water partition coefficient (Wildman–Crippen LogP) is 2.84. The third-order valence-corrected chi connectivity index (χ3v) is 2.12. The largest absolute Gasteiger partial charge is 0.507 e. The van der Waals surface area contributed by atoms with E-state index in [1.165, 1.54) is 12.3 Å². The summed E-state index contributed by atoms with van der Waals surface area (Å²) >= 11 is 0. The van der Waals surface area contributed by atoms with Gasteiger partial charge in [0, 0.05) is 11.6 Å². The quantitative estimate of drug-likeness (QED) is 0.754. The van der Waals surface area contributed by atoms with E-state index in [0.717, 1.165) is 5.56 Å². The molecule has 1 heterocycles. The van der Waals surface area contributed by atoms with Gasteiger partial charge in [0.1, 0.15) is 11.5 Å². The SMILES string of the molecule is O/C(=C/c1ccc(O)cn1)c1ccccc1. The van der Waals surface area contributed by atoms with Crippen LogP contribution in [0.1, 0.15) is 11.3 Å². The van der Waals surface area contributed by atoms with Crippen LogP contribution in [0.2, 0.25) is 0 Å². The lowest BCUT2D eigenvalue weighted by Gasteiger charge is -1.99. The summed E-state index contributed by atoms with van der Waals surface area (Å²) in [7, 11) is 0. The molecule has 16 heavy (non-hydrogen) atoms. The lowest BCUT2D eigenvalue weighted by molar-refractivity contribution is 0.472. The molecule has 0 aliphatic rings. The Morgan fingerprint density at radius 3 is 2.44 bits per heavy atom. The van der Waals surface area contributed by atoms with E-state index >= 15 is 0 Å². The van der Waals surface area contributed by atoms with E-state index < -0.39 is 0 Å². The van der Waals surface area contributed by atoms with Crippen LogP contribution < -0.4 is 0 Å². The molecular formula is C13H11NO2. The van der Waals surface area contributed by atoms with E-state index in [4.69, 9.17) is 5.11 Å². The molecule has 0 bridgehead atoms. The first-order chi connectivity index (χ1) is 7.75. The molecule has 1 aromatic heterocycles. The zero-order valence-electron chi connectivity index (χ0n) is 8.54. The zero-order valence-corrected chi connectivity index (χ0v) is 8.54. The van der Waals surface area contributed by atoms with Crippen LogP contribution in [0.4, 0.5) is 0 Å². The predicted molar refractivity (Wildman–Crippen MR) is 62.8 cm³/mol. The van der Waals surface area contributed by atoms with Gasteiger partial charge in [-0.15, -0.1) is 0 Å². The van der Waals surface area contributed by atoms with Gasteiger partial charge in [-0.1, -0.05) is 30.3 Å². The molecule has 1 aromatic carbocycles. The monoisotopic (exact) mass is 213 g/mol. The summed E-state index contributed by atoms with van der Waals surface area (Å²) in [5.41, 5.74) is 1.33. The van der Waals surface area contributed by atoms with Crippen molar-refractivity contribution >= 4 is 11.8 Å². The first kappa shape index (κ1) is 10.2. The molecule has 0 saturated heterocycles. The van der Waals surface area contributed by atoms with Gasteiger partial charge in [-0.25, -0.2) is 0 Å². The summed E-state index contributed by atoms with van der Waals surface area (Å²) in [6, 6.07) is 12.4. The van der Waals surface area contributed by atoms with Crippen molar-refractivity contribution in [3.8, 4) is 5.75 Å². The Hall–Kier alpha value is -2.29. The van der Waals surface area contributed by atoms with Crippen molar-refractivity contribution < 1.29 is 10.2 Å². The molecule has 2 rings (SSSR count). The van der Waals surface area contributed by atoms with E-state index in [-0.39, 0.29) is 11.5 Å². The van der Waals surface area contributed by atoms with Gasteiger partial charge < -0.3 is 10.2 Å². The van der Waals surface area contributed by atoms with E-state index in [1.807, 2.05) is 30.3 Å². The Balaban J connectivity index is 2.28. The van der Waals surface area contributed by atoms with E-state index in [9.17, 15) is 5.11 Å². The molecule has 80 valence electrons. The molecule has 0 atom stereocenters. The highest BCUT2D eigenvalue weighted by Crippen LogP contribution is 2.15. The van der Waals surface area contributed by atoms with Gasteiger partial charge >= 0.3 is 0 Å². The van der Waals surface area contributed by atoms with Crippen LogP contribution >= 0.6 is 0 Å². The summed E-state index contributed by atoms with van der Waals surface area (Å²) < 4.78 is 0. The maximum Gasteiger partial charge on any atom is 0.133 e. The Bertz CT molecular complexity index is 489. The third kappa shape index (κ3) is 2.39. The number of rotatable bonds is 2. The van der Waals surface area contributed by atoms with Crippen molar-refractivity contribution in [2.45, 2.75) is 0 Å². The van der Waals surface area contributed by atoms with Crippen molar-refractivity contribution in [2.24, 2.45) is 0 Å². The number of hydrogen-bond donors (Lipinski definition) is 2. The molecule has 0 aliphatic carbocycles. The summed E-state index contributed by atoms with van der Waals surface area (Å²) in [4.78, 5) is 3.96. The number of hydrogen-bond acceptors (Lipinski definition) is 3. The summed E-state index contributed by atoms with van der Waals surface area (Å²) in [5.74, 6) is 0.259. The fourth-order valence-corrected chi connectivity index (χ4v) is 1.32. The average Bonchev–Trinajstić information content (AvgIpc) is 2.33. The molecule has 3 heteroatoms. The van der Waals surface area contributed by atoms with Crippen LogP contribution in [0.25, 0.3) is 11.8 Å². The normalized spacial score (nSPS) is 11.4. The van der Waals surface area contributed by atoms with Crippen molar-refractivity contribution in [2.75, 3.05) is 0 Å². The molecule has 0 saturated carbocycles. The molecule has 2 N–H and O–H groups in total. The molecular weight excluding hydrogens is 202 g/mol. The first-order valence-corrected chi connectivity index (χ1v) is 4.87. The molecule has 0 unspecified atom stereocenters. The van der Waals surface area contributed by atoms with Crippen LogP contribution in [-0.2, 0) is 0 Å². The van der Waals surface area contributed by atoms with E-state index in [0.29, 0.717) is 5.69 Å². The molecule has 0 aliphatic heterocycles. The van der Waals surface area contributed by atoms with Crippen LogP contribution in [0.3, 0.4) is 0 Å². The van der Waals surface area contributed by atoms with Gasteiger partial charge in [0.05, 0.1) is 11.9 Å². The molecule has 0 fully saturated rings. The lowest BCUT2D eigenvalue weighted by Crippen LogP contribution is -1.84.